The van der Waals surface area contributed by atoms with E-state index in [4.69, 9.17) is 0 Å². The van der Waals surface area contributed by atoms with Gasteiger partial charge in [0.05, 0.1) is 5.69 Å². The number of hydrogen-bond donors (Lipinski definition) is 1. The van der Waals surface area contributed by atoms with Crippen molar-refractivity contribution in [2.24, 2.45) is 0 Å². The molecule has 0 aliphatic heterocycles. The Morgan fingerprint density at radius 2 is 2.17 bits per heavy atom. The van der Waals surface area contributed by atoms with Crippen LogP contribution in [0.4, 0.5) is 10.1 Å². The molecule has 1 amide bonds. The molecule has 0 bridgehead atoms. The van der Waals surface area contributed by atoms with Gasteiger partial charge in [-0.1, -0.05) is 12.1 Å². The number of nitrogens with one attached hydrogen (secondary N) is 1. The lowest BCUT2D eigenvalue weighted by Crippen LogP contribution is -2.34. The lowest BCUT2D eigenvalue weighted by molar-refractivity contribution is -0.118. The molecule has 0 saturated heterocycles. The van der Waals surface area contributed by atoms with E-state index in [0.29, 0.717) is 31.2 Å². The van der Waals surface area contributed by atoms with Gasteiger partial charge < -0.3 is 10.2 Å². The van der Waals surface area contributed by atoms with Gasteiger partial charge in [0.1, 0.15) is 5.82 Å². The van der Waals surface area contributed by atoms with Crippen LogP contribution in [0.2, 0.25) is 0 Å². The highest BCUT2D eigenvalue weighted by Crippen LogP contribution is 2.20. The summed E-state index contributed by atoms with van der Waals surface area (Å²) in [7, 11) is 0. The molecule has 0 spiro atoms. The van der Waals surface area contributed by atoms with Crippen LogP contribution in [0.3, 0.4) is 0 Å². The Bertz CT molecular complexity index is 418. The smallest absolute Gasteiger partial charge is 0.228 e. The average Bonchev–Trinajstić information content (AvgIpc) is 3.16. The summed E-state index contributed by atoms with van der Waals surface area (Å²) in [6.07, 6.45) is 2.83. The number of hydrogen-bond acceptors (Lipinski definition) is 2. The SMILES string of the molecule is CCN(C(=O)CCNC1CC1)c1ccccc1F. The molecule has 0 radical (unpaired) electrons. The van der Waals surface area contributed by atoms with E-state index >= 15 is 0 Å². The van der Waals surface area contributed by atoms with Gasteiger partial charge in [-0.05, 0) is 31.9 Å². The Morgan fingerprint density at radius 1 is 1.44 bits per heavy atom. The van der Waals surface area contributed by atoms with Crippen LogP contribution in [0.1, 0.15) is 26.2 Å². The molecule has 0 unspecified atom stereocenters. The van der Waals surface area contributed by atoms with Gasteiger partial charge in [0.2, 0.25) is 5.91 Å². The Kier molecular flexibility index (Phi) is 4.31. The van der Waals surface area contributed by atoms with E-state index in [1.165, 1.54) is 23.8 Å². The zero-order valence-corrected chi connectivity index (χ0v) is 10.7. The molecular formula is C14H19FN2O. The molecular weight excluding hydrogens is 231 g/mol. The van der Waals surface area contributed by atoms with Gasteiger partial charge in [-0.3, -0.25) is 4.79 Å². The maximum absolute atomic E-state index is 13.6. The zero-order valence-electron chi connectivity index (χ0n) is 10.7. The molecule has 1 aromatic rings. The molecule has 1 N–H and O–H groups in total. The van der Waals surface area contributed by atoms with Crippen LogP contribution in [0.5, 0.6) is 0 Å². The molecule has 1 aliphatic rings. The molecule has 1 aliphatic carbocycles. The molecule has 0 heterocycles. The summed E-state index contributed by atoms with van der Waals surface area (Å²) < 4.78 is 13.6. The number of rotatable bonds is 6. The predicted octanol–water partition coefficient (Wildman–Crippen LogP) is 2.32. The predicted molar refractivity (Wildman–Crippen MR) is 70.1 cm³/mol. The summed E-state index contributed by atoms with van der Waals surface area (Å²) in [6.45, 7) is 3.02. The monoisotopic (exact) mass is 250 g/mol. The lowest BCUT2D eigenvalue weighted by Gasteiger charge is -2.21. The zero-order chi connectivity index (χ0) is 13.0. The number of carbonyl (C=O) groups excluding carboxylic acids is 1. The summed E-state index contributed by atoms with van der Waals surface area (Å²) in [5, 5.41) is 3.29. The summed E-state index contributed by atoms with van der Waals surface area (Å²) >= 11 is 0. The highest BCUT2D eigenvalue weighted by Gasteiger charge is 2.21. The van der Waals surface area contributed by atoms with Crippen molar-refractivity contribution >= 4 is 11.6 Å². The summed E-state index contributed by atoms with van der Waals surface area (Å²) in [4.78, 5) is 13.6. The van der Waals surface area contributed by atoms with Crippen LogP contribution < -0.4 is 10.2 Å². The van der Waals surface area contributed by atoms with Gasteiger partial charge in [0.15, 0.2) is 0 Å². The minimum atomic E-state index is -0.345. The molecule has 4 heteroatoms. The summed E-state index contributed by atoms with van der Waals surface area (Å²) in [5.74, 6) is -0.376. The van der Waals surface area contributed by atoms with Crippen molar-refractivity contribution in [2.45, 2.75) is 32.2 Å². The summed E-state index contributed by atoms with van der Waals surface area (Å²) in [5.41, 5.74) is 0.372. The fraction of sp³-hybridized carbons (Fsp3) is 0.500. The maximum Gasteiger partial charge on any atom is 0.228 e. The third-order valence-corrected chi connectivity index (χ3v) is 3.11. The molecule has 18 heavy (non-hydrogen) atoms. The van der Waals surface area contributed by atoms with Crippen molar-refractivity contribution < 1.29 is 9.18 Å². The number of amides is 1. The first-order chi connectivity index (χ1) is 8.72. The van der Waals surface area contributed by atoms with E-state index in [1.54, 1.807) is 18.2 Å². The van der Waals surface area contributed by atoms with E-state index in [-0.39, 0.29) is 11.7 Å². The van der Waals surface area contributed by atoms with Crippen LogP contribution in [0.25, 0.3) is 0 Å². The number of nitrogens with zero attached hydrogens (tertiary/aromatic N) is 1. The second kappa shape index (κ2) is 5.96. The molecule has 3 nitrogen and oxygen atoms in total. The van der Waals surface area contributed by atoms with Crippen molar-refractivity contribution in [3.05, 3.63) is 30.1 Å². The maximum atomic E-state index is 13.6. The number of anilines is 1. The van der Waals surface area contributed by atoms with Gasteiger partial charge in [0.25, 0.3) is 0 Å². The van der Waals surface area contributed by atoms with E-state index < -0.39 is 0 Å². The number of halogens is 1. The highest BCUT2D eigenvalue weighted by atomic mass is 19.1. The first-order valence-corrected chi connectivity index (χ1v) is 6.50. The molecule has 0 aromatic heterocycles. The van der Waals surface area contributed by atoms with Gasteiger partial charge in [-0.2, -0.15) is 0 Å². The first-order valence-electron chi connectivity index (χ1n) is 6.50. The van der Waals surface area contributed by atoms with Crippen molar-refractivity contribution in [2.75, 3.05) is 18.0 Å². The summed E-state index contributed by atoms with van der Waals surface area (Å²) in [6, 6.07) is 7.00. The minimum Gasteiger partial charge on any atom is -0.313 e. The quantitative estimate of drug-likeness (QED) is 0.840. The third-order valence-electron chi connectivity index (χ3n) is 3.11. The molecule has 1 fully saturated rings. The van der Waals surface area contributed by atoms with Crippen molar-refractivity contribution in [3.8, 4) is 0 Å². The Labute approximate surface area is 107 Å². The Hall–Kier alpha value is -1.42. The lowest BCUT2D eigenvalue weighted by atomic mass is 10.2. The van der Waals surface area contributed by atoms with Crippen molar-refractivity contribution in [1.29, 1.82) is 0 Å². The number of benzene rings is 1. The largest absolute Gasteiger partial charge is 0.313 e. The molecule has 1 aromatic carbocycles. The van der Waals surface area contributed by atoms with Crippen LogP contribution in [0.15, 0.2) is 24.3 Å². The van der Waals surface area contributed by atoms with Crippen molar-refractivity contribution in [3.63, 3.8) is 0 Å². The van der Waals surface area contributed by atoms with Gasteiger partial charge in [-0.25, -0.2) is 4.39 Å². The number of para-hydroxylation sites is 1. The molecule has 1 saturated carbocycles. The van der Waals surface area contributed by atoms with Gasteiger partial charge >= 0.3 is 0 Å². The second-order valence-corrected chi connectivity index (χ2v) is 4.57. The fourth-order valence-corrected chi connectivity index (χ4v) is 1.96. The Morgan fingerprint density at radius 3 is 2.78 bits per heavy atom. The van der Waals surface area contributed by atoms with Crippen LogP contribution in [-0.4, -0.2) is 25.0 Å². The van der Waals surface area contributed by atoms with Crippen LogP contribution >= 0.6 is 0 Å². The Balaban J connectivity index is 1.94. The first kappa shape index (κ1) is 13.0. The minimum absolute atomic E-state index is 0.0317. The van der Waals surface area contributed by atoms with Gasteiger partial charge in [0, 0.05) is 25.6 Å². The topological polar surface area (TPSA) is 32.3 Å². The average molecular weight is 250 g/mol. The van der Waals surface area contributed by atoms with E-state index in [2.05, 4.69) is 5.32 Å². The van der Waals surface area contributed by atoms with Crippen LogP contribution in [-0.2, 0) is 4.79 Å². The van der Waals surface area contributed by atoms with E-state index in [9.17, 15) is 9.18 Å². The number of carbonyl (C=O) groups is 1. The van der Waals surface area contributed by atoms with E-state index in [1.807, 2.05) is 6.92 Å². The molecule has 2 rings (SSSR count). The highest BCUT2D eigenvalue weighted by molar-refractivity contribution is 5.93. The normalized spacial score (nSPS) is 14.6. The van der Waals surface area contributed by atoms with E-state index in [0.717, 1.165) is 0 Å². The van der Waals surface area contributed by atoms with Gasteiger partial charge in [-0.15, -0.1) is 0 Å². The molecule has 98 valence electrons. The van der Waals surface area contributed by atoms with Crippen molar-refractivity contribution in [1.82, 2.24) is 5.32 Å². The molecule has 0 atom stereocenters. The fourth-order valence-electron chi connectivity index (χ4n) is 1.96. The second-order valence-electron chi connectivity index (χ2n) is 4.57. The third kappa shape index (κ3) is 3.29. The standard InChI is InChI=1S/C14H19FN2O/c1-2-17(13-6-4-3-5-12(13)15)14(18)9-10-16-11-7-8-11/h3-6,11,16H,2,7-10H2,1H3. The van der Waals surface area contributed by atoms with Crippen LogP contribution in [0, 0.1) is 5.82 Å².